The van der Waals surface area contributed by atoms with Gasteiger partial charge in [0.25, 0.3) is 10.0 Å². The molecule has 0 aliphatic rings. The van der Waals surface area contributed by atoms with Crippen LogP contribution in [-0.4, -0.2) is 18.2 Å². The largest absolute Gasteiger partial charge is 0.265 e. The molecule has 1 aromatic heterocycles. The molecule has 9 heteroatoms. The van der Waals surface area contributed by atoms with Crippen molar-refractivity contribution in [2.24, 2.45) is 5.92 Å². The first-order valence-corrected chi connectivity index (χ1v) is 12.0. The number of benzene rings is 2. The van der Waals surface area contributed by atoms with Crippen LogP contribution in [0.15, 0.2) is 58.0 Å². The van der Waals surface area contributed by atoms with Crippen molar-refractivity contribution in [3.05, 3.63) is 74.3 Å². The third-order valence-corrected chi connectivity index (χ3v) is 6.83. The van der Waals surface area contributed by atoms with Gasteiger partial charge in [-0.3, -0.25) is 9.40 Å². The molecule has 3 rings (SSSR count). The van der Waals surface area contributed by atoms with E-state index in [0.29, 0.717) is 27.0 Å². The number of sulfonamides is 1. The minimum Gasteiger partial charge on any atom is -0.265 e. The zero-order chi connectivity index (χ0) is 21.2. The molecule has 154 valence electrons. The fourth-order valence-electron chi connectivity index (χ4n) is 2.83. The molecule has 5 nitrogen and oxygen atoms in total. The molecule has 0 spiro atoms. The fourth-order valence-corrected chi connectivity index (χ4v) is 4.72. The first kappa shape index (κ1) is 22.2. The summed E-state index contributed by atoms with van der Waals surface area (Å²) in [6, 6.07) is 12.2. The van der Waals surface area contributed by atoms with Crippen LogP contribution < -0.4 is 4.72 Å². The first-order valence-electron chi connectivity index (χ1n) is 8.92. The van der Waals surface area contributed by atoms with E-state index in [9.17, 15) is 8.42 Å². The maximum atomic E-state index is 12.7. The molecule has 0 radical (unpaired) electrons. The lowest BCUT2D eigenvalue weighted by Gasteiger charge is -2.08. The quantitative estimate of drug-likeness (QED) is 0.418. The molecule has 0 atom stereocenters. The van der Waals surface area contributed by atoms with Crippen LogP contribution in [0.2, 0.25) is 10.0 Å². The van der Waals surface area contributed by atoms with Crippen molar-refractivity contribution in [3.8, 4) is 0 Å². The summed E-state index contributed by atoms with van der Waals surface area (Å²) >= 11 is 15.4. The van der Waals surface area contributed by atoms with Crippen LogP contribution in [0, 0.1) is 5.92 Å². The standard InChI is InChI=1S/C20H20BrCl2N3O2S/c1-13(2)9-14-3-6-16(7-4-14)29(27,28)25-20-17(21)12-26(24-20)11-15-5-8-18(22)19(23)10-15/h3-8,10,12-13H,9,11H2,1-2H3,(H,24,25). The van der Waals surface area contributed by atoms with Gasteiger partial charge in [-0.2, -0.15) is 5.10 Å². The van der Waals surface area contributed by atoms with Gasteiger partial charge in [-0.05, 0) is 63.7 Å². The Morgan fingerprint density at radius 3 is 2.34 bits per heavy atom. The molecule has 0 aliphatic carbocycles. The van der Waals surface area contributed by atoms with Crippen LogP contribution >= 0.6 is 39.1 Å². The molecule has 0 aliphatic heterocycles. The Labute approximate surface area is 189 Å². The van der Waals surface area contributed by atoms with Crippen LogP contribution in [-0.2, 0) is 23.0 Å². The highest BCUT2D eigenvalue weighted by Gasteiger charge is 2.18. The average Bonchev–Trinajstić information content (AvgIpc) is 2.96. The Bertz CT molecular complexity index is 1110. The molecular formula is C20H20BrCl2N3O2S. The molecular weight excluding hydrogens is 497 g/mol. The predicted molar refractivity (Wildman–Crippen MR) is 121 cm³/mol. The van der Waals surface area contributed by atoms with Crippen molar-refractivity contribution in [1.82, 2.24) is 9.78 Å². The number of halogens is 3. The molecule has 1 N–H and O–H groups in total. The SMILES string of the molecule is CC(C)Cc1ccc(S(=O)(=O)Nc2nn(Cc3ccc(Cl)c(Cl)c3)cc2Br)cc1. The number of hydrogen-bond acceptors (Lipinski definition) is 3. The number of nitrogens with one attached hydrogen (secondary N) is 1. The average molecular weight is 517 g/mol. The first-order chi connectivity index (χ1) is 13.6. The molecule has 1 heterocycles. The number of hydrogen-bond donors (Lipinski definition) is 1. The number of aromatic nitrogens is 2. The minimum absolute atomic E-state index is 0.191. The molecule has 3 aromatic rings. The summed E-state index contributed by atoms with van der Waals surface area (Å²) in [5.74, 6) is 0.724. The molecule has 0 bridgehead atoms. The summed E-state index contributed by atoms with van der Waals surface area (Å²) < 4.78 is 30.1. The van der Waals surface area contributed by atoms with Gasteiger partial charge in [0, 0.05) is 6.20 Å². The zero-order valence-electron chi connectivity index (χ0n) is 15.9. The molecule has 0 fully saturated rings. The van der Waals surface area contributed by atoms with E-state index in [1.807, 2.05) is 18.2 Å². The monoisotopic (exact) mass is 515 g/mol. The maximum absolute atomic E-state index is 12.7. The summed E-state index contributed by atoms with van der Waals surface area (Å²) in [5.41, 5.74) is 2.00. The smallest absolute Gasteiger partial charge is 0.263 e. The highest BCUT2D eigenvalue weighted by molar-refractivity contribution is 9.10. The molecule has 0 saturated heterocycles. The van der Waals surface area contributed by atoms with E-state index >= 15 is 0 Å². The highest BCUT2D eigenvalue weighted by atomic mass is 79.9. The topological polar surface area (TPSA) is 64.0 Å². The number of nitrogens with zero attached hydrogens (tertiary/aromatic N) is 2. The van der Waals surface area contributed by atoms with E-state index < -0.39 is 10.0 Å². The summed E-state index contributed by atoms with van der Waals surface area (Å²) in [4.78, 5) is 0.191. The lowest BCUT2D eigenvalue weighted by molar-refractivity contribution is 0.600. The molecule has 29 heavy (non-hydrogen) atoms. The summed E-state index contributed by atoms with van der Waals surface area (Å²) in [6.45, 7) is 4.66. The van der Waals surface area contributed by atoms with Crippen molar-refractivity contribution in [1.29, 1.82) is 0 Å². The Balaban J connectivity index is 1.76. The predicted octanol–water partition coefficient (Wildman–Crippen LogP) is 6.00. The van der Waals surface area contributed by atoms with Crippen LogP contribution in [0.1, 0.15) is 25.0 Å². The van der Waals surface area contributed by atoms with Crippen molar-refractivity contribution in [2.45, 2.75) is 31.7 Å². The van der Waals surface area contributed by atoms with Crippen LogP contribution in [0.5, 0.6) is 0 Å². The Hall–Kier alpha value is -1.54. The Morgan fingerprint density at radius 2 is 1.72 bits per heavy atom. The number of rotatable bonds is 7. The van der Waals surface area contributed by atoms with E-state index in [-0.39, 0.29) is 10.7 Å². The van der Waals surface area contributed by atoms with Gasteiger partial charge < -0.3 is 0 Å². The summed E-state index contributed by atoms with van der Waals surface area (Å²) in [7, 11) is -3.75. The summed E-state index contributed by atoms with van der Waals surface area (Å²) in [6.07, 6.45) is 2.60. The second-order valence-corrected chi connectivity index (χ2v) is 10.5. The van der Waals surface area contributed by atoms with E-state index in [0.717, 1.165) is 17.5 Å². The van der Waals surface area contributed by atoms with E-state index in [4.69, 9.17) is 23.2 Å². The van der Waals surface area contributed by atoms with Crippen molar-refractivity contribution >= 4 is 55.0 Å². The van der Waals surface area contributed by atoms with Gasteiger partial charge in [0.15, 0.2) is 5.82 Å². The molecule has 0 amide bonds. The van der Waals surface area contributed by atoms with Gasteiger partial charge in [0.2, 0.25) is 0 Å². The van der Waals surface area contributed by atoms with Crippen LogP contribution in [0.3, 0.4) is 0 Å². The van der Waals surface area contributed by atoms with Gasteiger partial charge in [-0.15, -0.1) is 0 Å². The second-order valence-electron chi connectivity index (χ2n) is 7.12. The molecule has 0 unspecified atom stereocenters. The maximum Gasteiger partial charge on any atom is 0.263 e. The van der Waals surface area contributed by atoms with E-state index in [1.54, 1.807) is 35.1 Å². The van der Waals surface area contributed by atoms with Crippen LogP contribution in [0.4, 0.5) is 5.82 Å². The van der Waals surface area contributed by atoms with E-state index in [1.165, 1.54) is 0 Å². The van der Waals surface area contributed by atoms with E-state index in [2.05, 4.69) is 39.6 Å². The van der Waals surface area contributed by atoms with Crippen molar-refractivity contribution in [2.75, 3.05) is 4.72 Å². The fraction of sp³-hybridized carbons (Fsp3) is 0.250. The lowest BCUT2D eigenvalue weighted by atomic mass is 10.0. The van der Waals surface area contributed by atoms with Gasteiger partial charge >= 0.3 is 0 Å². The Kier molecular flexibility index (Phi) is 6.94. The van der Waals surface area contributed by atoms with Crippen molar-refractivity contribution < 1.29 is 8.42 Å². The zero-order valence-corrected chi connectivity index (χ0v) is 19.8. The second kappa shape index (κ2) is 9.08. The Morgan fingerprint density at radius 1 is 1.07 bits per heavy atom. The van der Waals surface area contributed by atoms with Gasteiger partial charge in [0.1, 0.15) is 0 Å². The third kappa shape index (κ3) is 5.75. The van der Waals surface area contributed by atoms with Crippen molar-refractivity contribution in [3.63, 3.8) is 0 Å². The van der Waals surface area contributed by atoms with Crippen LogP contribution in [0.25, 0.3) is 0 Å². The molecule has 0 saturated carbocycles. The van der Waals surface area contributed by atoms with Gasteiger partial charge in [-0.1, -0.05) is 55.2 Å². The normalized spacial score (nSPS) is 11.8. The number of anilines is 1. The molecule has 2 aromatic carbocycles. The van der Waals surface area contributed by atoms with Gasteiger partial charge in [0.05, 0.1) is 26.0 Å². The van der Waals surface area contributed by atoms with Gasteiger partial charge in [-0.25, -0.2) is 8.42 Å². The highest BCUT2D eigenvalue weighted by Crippen LogP contribution is 2.26. The summed E-state index contributed by atoms with van der Waals surface area (Å²) in [5, 5.41) is 5.26. The lowest BCUT2D eigenvalue weighted by Crippen LogP contribution is -2.14. The minimum atomic E-state index is -3.75. The third-order valence-electron chi connectivity index (χ3n) is 4.15.